The third-order valence-corrected chi connectivity index (χ3v) is 5.85. The first-order valence-electron chi connectivity index (χ1n) is 9.93. The van der Waals surface area contributed by atoms with E-state index in [1.807, 2.05) is 48.5 Å². The predicted octanol–water partition coefficient (Wildman–Crippen LogP) is 6.19. The number of benzene rings is 4. The number of ether oxygens (including phenoxy) is 3. The molecule has 1 heterocycles. The first-order valence-corrected chi connectivity index (χ1v) is 9.93. The van der Waals surface area contributed by atoms with E-state index in [1.165, 1.54) is 0 Å². The van der Waals surface area contributed by atoms with Crippen molar-refractivity contribution < 1.29 is 14.2 Å². The summed E-state index contributed by atoms with van der Waals surface area (Å²) in [6, 6.07) is 33.2. The van der Waals surface area contributed by atoms with E-state index in [4.69, 9.17) is 14.2 Å². The van der Waals surface area contributed by atoms with Crippen molar-refractivity contribution in [1.82, 2.24) is 0 Å². The minimum atomic E-state index is -0.524. The van der Waals surface area contributed by atoms with Gasteiger partial charge in [-0.05, 0) is 47.5 Å². The highest BCUT2D eigenvalue weighted by Crippen LogP contribution is 2.55. The smallest absolute Gasteiger partial charge is 0.132 e. The minimum Gasteiger partial charge on any atom is -0.497 e. The molecular weight excluding hydrogens is 372 g/mol. The molecule has 3 heteroatoms. The number of hydrogen-bond acceptors (Lipinski definition) is 3. The van der Waals surface area contributed by atoms with Gasteiger partial charge < -0.3 is 14.2 Å². The lowest BCUT2D eigenvalue weighted by molar-refractivity contribution is 0.413. The summed E-state index contributed by atoms with van der Waals surface area (Å²) in [4.78, 5) is 0. The molecule has 0 fully saturated rings. The summed E-state index contributed by atoms with van der Waals surface area (Å²) in [6.07, 6.45) is 0. The Bertz CT molecular complexity index is 1080. The molecule has 0 bridgehead atoms. The molecule has 0 radical (unpaired) electrons. The molecule has 0 saturated carbocycles. The first-order chi connectivity index (χ1) is 14.8. The maximum absolute atomic E-state index is 6.32. The van der Waals surface area contributed by atoms with E-state index < -0.39 is 5.41 Å². The lowest BCUT2D eigenvalue weighted by Crippen LogP contribution is -2.34. The second-order valence-electron chi connectivity index (χ2n) is 7.30. The van der Waals surface area contributed by atoms with E-state index in [0.717, 1.165) is 45.3 Å². The normalized spacial score (nSPS) is 13.5. The van der Waals surface area contributed by atoms with Gasteiger partial charge in [-0.3, -0.25) is 0 Å². The van der Waals surface area contributed by atoms with Crippen LogP contribution in [-0.4, -0.2) is 14.2 Å². The van der Waals surface area contributed by atoms with Gasteiger partial charge in [0.25, 0.3) is 0 Å². The highest BCUT2D eigenvalue weighted by molar-refractivity contribution is 5.69. The Morgan fingerprint density at radius 2 is 0.933 bits per heavy atom. The SMILES string of the molecule is COc1ccc(C2(c3ccc(OC)cc3)c3ccccc3Oc3ccccc32)cc1. The molecule has 30 heavy (non-hydrogen) atoms. The Balaban J connectivity index is 1.89. The number of rotatable bonds is 4. The predicted molar refractivity (Wildman–Crippen MR) is 118 cm³/mol. The monoisotopic (exact) mass is 394 g/mol. The molecular formula is C27H22O3. The molecule has 0 aliphatic carbocycles. The zero-order valence-corrected chi connectivity index (χ0v) is 17.0. The fraction of sp³-hybridized carbons (Fsp3) is 0.111. The van der Waals surface area contributed by atoms with Crippen molar-refractivity contribution in [2.75, 3.05) is 14.2 Å². The Hall–Kier alpha value is -3.72. The van der Waals surface area contributed by atoms with Crippen LogP contribution >= 0.6 is 0 Å². The Labute approximate surface area is 176 Å². The molecule has 0 unspecified atom stereocenters. The quantitative estimate of drug-likeness (QED) is 0.364. The van der Waals surface area contributed by atoms with Gasteiger partial charge in [0.05, 0.1) is 19.6 Å². The molecule has 3 nitrogen and oxygen atoms in total. The number of methoxy groups -OCH3 is 2. The molecule has 0 N–H and O–H groups in total. The van der Waals surface area contributed by atoms with Crippen LogP contribution in [0.2, 0.25) is 0 Å². The number of para-hydroxylation sites is 2. The summed E-state index contributed by atoms with van der Waals surface area (Å²) < 4.78 is 17.2. The molecule has 0 atom stereocenters. The highest BCUT2D eigenvalue weighted by atomic mass is 16.5. The Kier molecular flexibility index (Phi) is 4.44. The van der Waals surface area contributed by atoms with Crippen molar-refractivity contribution in [3.8, 4) is 23.0 Å². The molecule has 5 rings (SSSR count). The van der Waals surface area contributed by atoms with E-state index in [9.17, 15) is 0 Å². The lowest BCUT2D eigenvalue weighted by atomic mass is 9.63. The van der Waals surface area contributed by atoms with Gasteiger partial charge in [-0.25, -0.2) is 0 Å². The van der Waals surface area contributed by atoms with Crippen molar-refractivity contribution in [3.05, 3.63) is 119 Å². The molecule has 4 aromatic rings. The molecule has 148 valence electrons. The van der Waals surface area contributed by atoms with Gasteiger partial charge in [0, 0.05) is 11.1 Å². The Morgan fingerprint density at radius 1 is 0.533 bits per heavy atom. The highest BCUT2D eigenvalue weighted by Gasteiger charge is 2.45. The molecule has 1 aliphatic rings. The van der Waals surface area contributed by atoms with Gasteiger partial charge in [-0.1, -0.05) is 60.7 Å². The van der Waals surface area contributed by atoms with Crippen LogP contribution in [0.4, 0.5) is 0 Å². The third kappa shape index (κ3) is 2.66. The van der Waals surface area contributed by atoms with Gasteiger partial charge in [0.2, 0.25) is 0 Å². The van der Waals surface area contributed by atoms with Crippen LogP contribution < -0.4 is 14.2 Å². The standard InChI is InChI=1S/C27H22O3/c1-28-21-15-11-19(12-16-21)27(20-13-17-22(29-2)18-14-20)23-7-3-5-9-25(23)30-26-10-6-4-8-24(26)27/h3-18H,1-2H3. The van der Waals surface area contributed by atoms with Gasteiger partial charge >= 0.3 is 0 Å². The zero-order valence-electron chi connectivity index (χ0n) is 17.0. The maximum atomic E-state index is 6.32. The molecule has 0 aromatic heterocycles. The second kappa shape index (κ2) is 7.27. The van der Waals surface area contributed by atoms with Gasteiger partial charge in [0.15, 0.2) is 0 Å². The average Bonchev–Trinajstić information content (AvgIpc) is 2.83. The van der Waals surface area contributed by atoms with Crippen molar-refractivity contribution in [2.24, 2.45) is 0 Å². The fourth-order valence-electron chi connectivity index (χ4n) is 4.47. The zero-order chi connectivity index (χ0) is 20.6. The van der Waals surface area contributed by atoms with Gasteiger partial charge in [-0.15, -0.1) is 0 Å². The minimum absolute atomic E-state index is 0.524. The van der Waals surface area contributed by atoms with Crippen LogP contribution in [0.5, 0.6) is 23.0 Å². The maximum Gasteiger partial charge on any atom is 0.132 e. The van der Waals surface area contributed by atoms with E-state index >= 15 is 0 Å². The summed E-state index contributed by atoms with van der Waals surface area (Å²) in [5.74, 6) is 3.39. The summed E-state index contributed by atoms with van der Waals surface area (Å²) in [5.41, 5.74) is 4.00. The van der Waals surface area contributed by atoms with Crippen molar-refractivity contribution in [2.45, 2.75) is 5.41 Å². The van der Waals surface area contributed by atoms with E-state index in [-0.39, 0.29) is 0 Å². The number of fused-ring (bicyclic) bond motifs is 2. The van der Waals surface area contributed by atoms with Crippen LogP contribution in [0.25, 0.3) is 0 Å². The molecule has 0 saturated heterocycles. The van der Waals surface area contributed by atoms with Crippen LogP contribution in [0, 0.1) is 0 Å². The van der Waals surface area contributed by atoms with Gasteiger partial charge in [-0.2, -0.15) is 0 Å². The van der Waals surface area contributed by atoms with Crippen molar-refractivity contribution in [3.63, 3.8) is 0 Å². The van der Waals surface area contributed by atoms with Crippen LogP contribution in [0.1, 0.15) is 22.3 Å². The topological polar surface area (TPSA) is 27.7 Å². The van der Waals surface area contributed by atoms with Crippen LogP contribution in [0.3, 0.4) is 0 Å². The molecule has 0 amide bonds. The van der Waals surface area contributed by atoms with Crippen LogP contribution in [0.15, 0.2) is 97.1 Å². The van der Waals surface area contributed by atoms with Gasteiger partial charge in [0.1, 0.15) is 23.0 Å². The van der Waals surface area contributed by atoms with E-state index in [0.29, 0.717) is 0 Å². The van der Waals surface area contributed by atoms with Crippen molar-refractivity contribution in [1.29, 1.82) is 0 Å². The molecule has 0 spiro atoms. The first kappa shape index (κ1) is 18.3. The summed E-state index contributed by atoms with van der Waals surface area (Å²) in [5, 5.41) is 0. The van der Waals surface area contributed by atoms with E-state index in [1.54, 1.807) is 14.2 Å². The average molecular weight is 394 g/mol. The van der Waals surface area contributed by atoms with Crippen LogP contribution in [-0.2, 0) is 5.41 Å². The fourth-order valence-corrected chi connectivity index (χ4v) is 4.47. The molecule has 4 aromatic carbocycles. The van der Waals surface area contributed by atoms with E-state index in [2.05, 4.69) is 48.5 Å². The third-order valence-electron chi connectivity index (χ3n) is 5.85. The number of hydrogen-bond donors (Lipinski definition) is 0. The van der Waals surface area contributed by atoms with Crippen molar-refractivity contribution >= 4 is 0 Å². The molecule has 1 aliphatic heterocycles. The summed E-state index contributed by atoms with van der Waals surface area (Å²) in [7, 11) is 3.38. The lowest BCUT2D eigenvalue weighted by Gasteiger charge is -2.41. The Morgan fingerprint density at radius 3 is 1.33 bits per heavy atom. The summed E-state index contributed by atoms with van der Waals surface area (Å²) in [6.45, 7) is 0. The largest absolute Gasteiger partial charge is 0.497 e. The summed E-state index contributed by atoms with van der Waals surface area (Å²) >= 11 is 0. The second-order valence-corrected chi connectivity index (χ2v) is 7.30.